The van der Waals surface area contributed by atoms with Crippen molar-refractivity contribution in [3.05, 3.63) is 41.5 Å². The highest BCUT2D eigenvalue weighted by Gasteiger charge is 2.29. The second-order valence-electron chi connectivity index (χ2n) is 4.94. The van der Waals surface area contributed by atoms with Crippen LogP contribution in [-0.4, -0.2) is 31.3 Å². The molecular formula is C15H19NO. The minimum Gasteiger partial charge on any atom is -0.309 e. The molecule has 1 fully saturated rings. The van der Waals surface area contributed by atoms with Gasteiger partial charge in [-0.05, 0) is 44.1 Å². The maximum atomic E-state index is 12.2. The first-order chi connectivity index (χ1) is 8.16. The summed E-state index contributed by atoms with van der Waals surface area (Å²) in [6.07, 6.45) is 3.96. The average molecular weight is 229 g/mol. The van der Waals surface area contributed by atoms with Crippen molar-refractivity contribution in [2.75, 3.05) is 20.6 Å². The number of hydrogen-bond acceptors (Lipinski definition) is 2. The molecule has 0 spiro atoms. The standard InChI is InChI=1S/C15H19NO/c1-16(2)11-14-9-8-13(15(14)17)10-12-6-4-3-5-7-12/h3-7,10,14H,8-9,11H2,1-2H3. The van der Waals surface area contributed by atoms with E-state index in [0.29, 0.717) is 5.78 Å². The average Bonchev–Trinajstić information content (AvgIpc) is 2.62. The molecule has 0 N–H and O–H groups in total. The first-order valence-electron chi connectivity index (χ1n) is 6.11. The van der Waals surface area contributed by atoms with Crippen LogP contribution in [0.4, 0.5) is 0 Å². The van der Waals surface area contributed by atoms with Gasteiger partial charge in [-0.1, -0.05) is 30.3 Å². The van der Waals surface area contributed by atoms with E-state index in [2.05, 4.69) is 4.90 Å². The third kappa shape index (κ3) is 3.04. The van der Waals surface area contributed by atoms with Crippen LogP contribution in [0.3, 0.4) is 0 Å². The largest absolute Gasteiger partial charge is 0.309 e. The number of carbonyl (C=O) groups is 1. The van der Waals surface area contributed by atoms with Crippen molar-refractivity contribution < 1.29 is 4.79 Å². The zero-order valence-corrected chi connectivity index (χ0v) is 10.5. The summed E-state index contributed by atoms with van der Waals surface area (Å²) in [5.41, 5.74) is 2.12. The summed E-state index contributed by atoms with van der Waals surface area (Å²) in [5, 5.41) is 0. The Balaban J connectivity index is 2.10. The molecule has 1 aromatic carbocycles. The molecule has 1 unspecified atom stereocenters. The van der Waals surface area contributed by atoms with Gasteiger partial charge in [0.05, 0.1) is 0 Å². The number of ketones is 1. The van der Waals surface area contributed by atoms with Gasteiger partial charge in [0.25, 0.3) is 0 Å². The molecule has 1 atom stereocenters. The Labute approximate surface area is 103 Å². The molecule has 0 radical (unpaired) electrons. The molecule has 0 saturated heterocycles. The fourth-order valence-corrected chi connectivity index (χ4v) is 2.35. The maximum absolute atomic E-state index is 12.2. The number of rotatable bonds is 3. The van der Waals surface area contributed by atoms with E-state index in [-0.39, 0.29) is 5.92 Å². The number of carbonyl (C=O) groups excluding carboxylic acids is 1. The second-order valence-corrected chi connectivity index (χ2v) is 4.94. The molecule has 0 aromatic heterocycles. The van der Waals surface area contributed by atoms with Crippen molar-refractivity contribution in [2.45, 2.75) is 12.8 Å². The molecule has 1 aromatic rings. The van der Waals surface area contributed by atoms with Crippen molar-refractivity contribution in [1.82, 2.24) is 4.90 Å². The summed E-state index contributed by atoms with van der Waals surface area (Å²) < 4.78 is 0. The van der Waals surface area contributed by atoms with Gasteiger partial charge in [0.2, 0.25) is 0 Å². The number of hydrogen-bond donors (Lipinski definition) is 0. The van der Waals surface area contributed by atoms with E-state index < -0.39 is 0 Å². The Morgan fingerprint density at radius 2 is 2.00 bits per heavy atom. The van der Waals surface area contributed by atoms with Crippen LogP contribution in [0.15, 0.2) is 35.9 Å². The van der Waals surface area contributed by atoms with Crippen LogP contribution in [0.25, 0.3) is 6.08 Å². The molecule has 2 heteroatoms. The predicted octanol–water partition coefficient (Wildman–Crippen LogP) is 2.61. The van der Waals surface area contributed by atoms with E-state index in [1.807, 2.05) is 50.5 Å². The molecule has 90 valence electrons. The first kappa shape index (κ1) is 12.1. The van der Waals surface area contributed by atoms with E-state index >= 15 is 0 Å². The SMILES string of the molecule is CN(C)CC1CCC(=Cc2ccccc2)C1=O. The van der Waals surface area contributed by atoms with Gasteiger partial charge in [0.15, 0.2) is 5.78 Å². The van der Waals surface area contributed by atoms with Crippen LogP contribution >= 0.6 is 0 Å². The summed E-state index contributed by atoms with van der Waals surface area (Å²) in [6, 6.07) is 10.1. The minimum atomic E-state index is 0.194. The normalized spacial score (nSPS) is 22.6. The topological polar surface area (TPSA) is 20.3 Å². The third-order valence-corrected chi connectivity index (χ3v) is 3.18. The van der Waals surface area contributed by atoms with Crippen molar-refractivity contribution in [3.63, 3.8) is 0 Å². The zero-order chi connectivity index (χ0) is 12.3. The third-order valence-electron chi connectivity index (χ3n) is 3.18. The highest BCUT2D eigenvalue weighted by Crippen LogP contribution is 2.28. The molecule has 2 nitrogen and oxygen atoms in total. The quantitative estimate of drug-likeness (QED) is 0.743. The molecule has 0 heterocycles. The summed E-state index contributed by atoms with van der Waals surface area (Å²) in [4.78, 5) is 14.2. The fraction of sp³-hybridized carbons (Fsp3) is 0.400. The number of allylic oxidation sites excluding steroid dienone is 1. The smallest absolute Gasteiger partial charge is 0.163 e. The Bertz CT molecular complexity index is 420. The van der Waals surface area contributed by atoms with Crippen LogP contribution in [0.1, 0.15) is 18.4 Å². The van der Waals surface area contributed by atoms with Crippen LogP contribution in [0.2, 0.25) is 0 Å². The van der Waals surface area contributed by atoms with Crippen LogP contribution in [0.5, 0.6) is 0 Å². The van der Waals surface area contributed by atoms with Gasteiger partial charge in [-0.25, -0.2) is 0 Å². The molecule has 0 aliphatic heterocycles. The molecule has 0 bridgehead atoms. The first-order valence-corrected chi connectivity index (χ1v) is 6.11. The van der Waals surface area contributed by atoms with Crippen molar-refractivity contribution >= 4 is 11.9 Å². The lowest BCUT2D eigenvalue weighted by Gasteiger charge is -2.13. The Kier molecular flexibility index (Phi) is 3.75. The van der Waals surface area contributed by atoms with Crippen molar-refractivity contribution in [1.29, 1.82) is 0 Å². The molecule has 1 aliphatic carbocycles. The van der Waals surface area contributed by atoms with E-state index in [1.54, 1.807) is 0 Å². The maximum Gasteiger partial charge on any atom is 0.163 e. The van der Waals surface area contributed by atoms with Gasteiger partial charge in [0, 0.05) is 12.5 Å². The van der Waals surface area contributed by atoms with Crippen LogP contribution in [-0.2, 0) is 4.79 Å². The lowest BCUT2D eigenvalue weighted by molar-refractivity contribution is -0.118. The lowest BCUT2D eigenvalue weighted by atomic mass is 10.0. The minimum absolute atomic E-state index is 0.194. The lowest BCUT2D eigenvalue weighted by Crippen LogP contribution is -2.24. The number of Topliss-reactive ketones (excluding diaryl/α,β-unsaturated/α-hetero) is 1. The van der Waals surface area contributed by atoms with Gasteiger partial charge in [-0.15, -0.1) is 0 Å². The number of nitrogens with zero attached hydrogens (tertiary/aromatic N) is 1. The van der Waals surface area contributed by atoms with Crippen molar-refractivity contribution in [3.8, 4) is 0 Å². The molecule has 1 saturated carbocycles. The van der Waals surface area contributed by atoms with E-state index in [4.69, 9.17) is 0 Å². The summed E-state index contributed by atoms with van der Waals surface area (Å²) in [7, 11) is 4.04. The van der Waals surface area contributed by atoms with Crippen LogP contribution in [0, 0.1) is 5.92 Å². The predicted molar refractivity (Wildman–Crippen MR) is 70.7 cm³/mol. The zero-order valence-electron chi connectivity index (χ0n) is 10.5. The van der Waals surface area contributed by atoms with Gasteiger partial charge in [-0.2, -0.15) is 0 Å². The van der Waals surface area contributed by atoms with E-state index in [0.717, 1.165) is 30.5 Å². The Morgan fingerprint density at radius 3 is 2.65 bits per heavy atom. The van der Waals surface area contributed by atoms with Gasteiger partial charge in [0.1, 0.15) is 0 Å². The second kappa shape index (κ2) is 5.28. The summed E-state index contributed by atoms with van der Waals surface area (Å²) in [5.74, 6) is 0.530. The van der Waals surface area contributed by atoms with Crippen molar-refractivity contribution in [2.24, 2.45) is 5.92 Å². The van der Waals surface area contributed by atoms with Crippen LogP contribution < -0.4 is 0 Å². The monoisotopic (exact) mass is 229 g/mol. The molecular weight excluding hydrogens is 210 g/mol. The molecule has 17 heavy (non-hydrogen) atoms. The number of benzene rings is 1. The molecule has 1 aliphatic rings. The van der Waals surface area contributed by atoms with Gasteiger partial charge < -0.3 is 4.90 Å². The molecule has 2 rings (SSSR count). The van der Waals surface area contributed by atoms with E-state index in [9.17, 15) is 4.79 Å². The Hall–Kier alpha value is -1.41. The molecule has 0 amide bonds. The highest BCUT2D eigenvalue weighted by molar-refractivity contribution is 6.03. The van der Waals surface area contributed by atoms with E-state index in [1.165, 1.54) is 0 Å². The summed E-state index contributed by atoms with van der Waals surface area (Å²) in [6.45, 7) is 0.866. The highest BCUT2D eigenvalue weighted by atomic mass is 16.1. The fourth-order valence-electron chi connectivity index (χ4n) is 2.35. The van der Waals surface area contributed by atoms with Gasteiger partial charge >= 0.3 is 0 Å². The summed E-state index contributed by atoms with van der Waals surface area (Å²) >= 11 is 0. The Morgan fingerprint density at radius 1 is 1.29 bits per heavy atom. The van der Waals surface area contributed by atoms with Gasteiger partial charge in [-0.3, -0.25) is 4.79 Å².